The first-order chi connectivity index (χ1) is 9.27. The van der Waals surface area contributed by atoms with Gasteiger partial charge in [-0.15, -0.1) is 0 Å². The lowest BCUT2D eigenvalue weighted by Crippen LogP contribution is -2.54. The summed E-state index contributed by atoms with van der Waals surface area (Å²) in [7, 11) is 0. The molecule has 1 saturated carbocycles. The van der Waals surface area contributed by atoms with Crippen LogP contribution in [0.25, 0.3) is 0 Å². The lowest BCUT2D eigenvalue weighted by Gasteiger charge is -2.45. The minimum atomic E-state index is -0.0200. The Morgan fingerprint density at radius 3 is 2.60 bits per heavy atom. The summed E-state index contributed by atoms with van der Waals surface area (Å²) in [5, 5.41) is 0. The van der Waals surface area contributed by atoms with Crippen molar-refractivity contribution in [3.05, 3.63) is 0 Å². The summed E-state index contributed by atoms with van der Waals surface area (Å²) < 4.78 is 6.01. The molecule has 0 aromatic rings. The van der Waals surface area contributed by atoms with Crippen LogP contribution in [0.3, 0.4) is 0 Å². The maximum atomic E-state index is 6.40. The van der Waals surface area contributed by atoms with Crippen LogP contribution in [0.5, 0.6) is 0 Å². The van der Waals surface area contributed by atoms with E-state index in [1.54, 1.807) is 0 Å². The van der Waals surface area contributed by atoms with Gasteiger partial charge in [0.15, 0.2) is 0 Å². The first-order valence-corrected chi connectivity index (χ1v) is 8.42. The van der Waals surface area contributed by atoms with Crippen LogP contribution in [0.4, 0.5) is 0 Å². The van der Waals surface area contributed by atoms with Crippen molar-refractivity contribution < 1.29 is 4.74 Å². The Kier molecular flexibility index (Phi) is 5.14. The van der Waals surface area contributed by atoms with Crippen LogP contribution < -0.4 is 5.73 Å². The molecule has 2 rings (SSSR count). The van der Waals surface area contributed by atoms with E-state index in [1.807, 2.05) is 0 Å². The molecule has 1 heterocycles. The first kappa shape index (κ1) is 16.3. The monoisotopic (exact) mass is 282 g/mol. The molecule has 4 unspecified atom stereocenters. The standard InChI is InChI=1S/C17H34N2O/c1-12(2)14-6-7-16(18)15(8-14)10-19-9-13(3)20-17(4,5)11-19/h12-16H,6-11,18H2,1-5H3. The molecule has 4 atom stereocenters. The highest BCUT2D eigenvalue weighted by molar-refractivity contribution is 4.89. The quantitative estimate of drug-likeness (QED) is 0.865. The van der Waals surface area contributed by atoms with Gasteiger partial charge in [0.2, 0.25) is 0 Å². The van der Waals surface area contributed by atoms with Gasteiger partial charge in [-0.2, -0.15) is 0 Å². The van der Waals surface area contributed by atoms with E-state index < -0.39 is 0 Å². The topological polar surface area (TPSA) is 38.5 Å². The summed E-state index contributed by atoms with van der Waals surface area (Å²) in [4.78, 5) is 2.58. The molecule has 2 fully saturated rings. The van der Waals surface area contributed by atoms with Crippen molar-refractivity contribution in [1.82, 2.24) is 4.90 Å². The molecular weight excluding hydrogens is 248 g/mol. The lowest BCUT2D eigenvalue weighted by molar-refractivity contribution is -0.132. The van der Waals surface area contributed by atoms with E-state index in [9.17, 15) is 0 Å². The Morgan fingerprint density at radius 1 is 1.30 bits per heavy atom. The molecule has 2 N–H and O–H groups in total. The van der Waals surface area contributed by atoms with Crippen LogP contribution in [-0.4, -0.2) is 42.3 Å². The zero-order valence-electron chi connectivity index (χ0n) is 14.1. The van der Waals surface area contributed by atoms with Gasteiger partial charge in [0, 0.05) is 25.7 Å². The predicted octanol–water partition coefficient (Wildman–Crippen LogP) is 2.89. The Morgan fingerprint density at radius 2 is 2.00 bits per heavy atom. The number of rotatable bonds is 3. The lowest BCUT2D eigenvalue weighted by atomic mass is 9.73. The summed E-state index contributed by atoms with van der Waals surface area (Å²) in [6.07, 6.45) is 4.17. The molecule has 118 valence electrons. The molecule has 3 nitrogen and oxygen atoms in total. The van der Waals surface area contributed by atoms with Gasteiger partial charge in [-0.1, -0.05) is 13.8 Å². The molecule has 1 saturated heterocycles. The average molecular weight is 282 g/mol. The minimum Gasteiger partial charge on any atom is -0.370 e. The minimum absolute atomic E-state index is 0.0200. The van der Waals surface area contributed by atoms with Crippen LogP contribution in [0.15, 0.2) is 0 Å². The fourth-order valence-electron chi connectivity index (χ4n) is 4.20. The molecule has 2 aliphatic rings. The number of hydrogen-bond donors (Lipinski definition) is 1. The van der Waals surface area contributed by atoms with E-state index in [2.05, 4.69) is 39.5 Å². The third-order valence-corrected chi connectivity index (χ3v) is 5.16. The molecule has 0 spiro atoms. The zero-order valence-corrected chi connectivity index (χ0v) is 14.1. The Hall–Kier alpha value is -0.120. The van der Waals surface area contributed by atoms with E-state index in [1.165, 1.54) is 19.3 Å². The Balaban J connectivity index is 1.93. The summed E-state index contributed by atoms with van der Waals surface area (Å²) >= 11 is 0. The molecule has 3 heteroatoms. The van der Waals surface area contributed by atoms with Crippen molar-refractivity contribution in [2.75, 3.05) is 19.6 Å². The molecular formula is C17H34N2O. The molecule has 0 radical (unpaired) electrons. The van der Waals surface area contributed by atoms with Crippen molar-refractivity contribution in [3.8, 4) is 0 Å². The maximum absolute atomic E-state index is 6.40. The van der Waals surface area contributed by atoms with Crippen molar-refractivity contribution >= 4 is 0 Å². The second kappa shape index (κ2) is 6.33. The van der Waals surface area contributed by atoms with Gasteiger partial charge in [0.25, 0.3) is 0 Å². The van der Waals surface area contributed by atoms with Gasteiger partial charge >= 0.3 is 0 Å². The predicted molar refractivity (Wildman–Crippen MR) is 84.7 cm³/mol. The van der Waals surface area contributed by atoms with Gasteiger partial charge < -0.3 is 10.5 Å². The van der Waals surface area contributed by atoms with E-state index in [0.29, 0.717) is 18.1 Å². The van der Waals surface area contributed by atoms with E-state index in [4.69, 9.17) is 10.5 Å². The molecule has 1 aliphatic heterocycles. The molecule has 1 aliphatic carbocycles. The van der Waals surface area contributed by atoms with Crippen molar-refractivity contribution in [3.63, 3.8) is 0 Å². The van der Waals surface area contributed by atoms with Gasteiger partial charge in [-0.3, -0.25) is 4.90 Å². The number of ether oxygens (including phenoxy) is 1. The van der Waals surface area contributed by atoms with Crippen LogP contribution in [0.2, 0.25) is 0 Å². The smallest absolute Gasteiger partial charge is 0.0757 e. The van der Waals surface area contributed by atoms with Crippen molar-refractivity contribution in [2.24, 2.45) is 23.5 Å². The fraction of sp³-hybridized carbons (Fsp3) is 1.00. The summed E-state index contributed by atoms with van der Waals surface area (Å²) in [5.41, 5.74) is 6.38. The highest BCUT2D eigenvalue weighted by Gasteiger charge is 2.35. The van der Waals surface area contributed by atoms with Crippen LogP contribution in [0, 0.1) is 17.8 Å². The van der Waals surface area contributed by atoms with Gasteiger partial charge in [0.1, 0.15) is 0 Å². The van der Waals surface area contributed by atoms with Gasteiger partial charge in [0.05, 0.1) is 11.7 Å². The zero-order chi connectivity index (χ0) is 14.9. The first-order valence-electron chi connectivity index (χ1n) is 8.42. The largest absolute Gasteiger partial charge is 0.370 e. The molecule has 0 aromatic carbocycles. The molecule has 20 heavy (non-hydrogen) atoms. The fourth-order valence-corrected chi connectivity index (χ4v) is 4.20. The van der Waals surface area contributed by atoms with E-state index in [-0.39, 0.29) is 5.60 Å². The molecule has 0 bridgehead atoms. The Labute approximate surface area is 125 Å². The molecule has 0 aromatic heterocycles. The van der Waals surface area contributed by atoms with E-state index >= 15 is 0 Å². The van der Waals surface area contributed by atoms with Gasteiger partial charge in [-0.05, 0) is 57.8 Å². The number of nitrogens with two attached hydrogens (primary N) is 1. The van der Waals surface area contributed by atoms with Crippen molar-refractivity contribution in [1.29, 1.82) is 0 Å². The highest BCUT2D eigenvalue weighted by Crippen LogP contribution is 2.34. The number of nitrogens with zero attached hydrogens (tertiary/aromatic N) is 1. The SMILES string of the molecule is CC1CN(CC2CC(C(C)C)CCC2N)CC(C)(C)O1. The number of morpholine rings is 1. The normalized spacial score (nSPS) is 39.1. The second-order valence-corrected chi connectivity index (χ2v) is 8.12. The summed E-state index contributed by atoms with van der Waals surface area (Å²) in [6.45, 7) is 14.6. The van der Waals surface area contributed by atoms with Gasteiger partial charge in [-0.25, -0.2) is 0 Å². The average Bonchev–Trinajstić information content (AvgIpc) is 2.28. The molecule has 0 amide bonds. The highest BCUT2D eigenvalue weighted by atomic mass is 16.5. The number of hydrogen-bond acceptors (Lipinski definition) is 3. The van der Waals surface area contributed by atoms with Crippen LogP contribution in [0.1, 0.15) is 53.9 Å². The van der Waals surface area contributed by atoms with Crippen LogP contribution >= 0.6 is 0 Å². The summed E-state index contributed by atoms with van der Waals surface area (Å²) in [5.74, 6) is 2.33. The Bertz CT molecular complexity index is 316. The van der Waals surface area contributed by atoms with E-state index in [0.717, 1.165) is 31.5 Å². The van der Waals surface area contributed by atoms with Crippen LogP contribution in [-0.2, 0) is 4.74 Å². The second-order valence-electron chi connectivity index (χ2n) is 8.12. The van der Waals surface area contributed by atoms with Crippen molar-refractivity contribution in [2.45, 2.75) is 71.6 Å². The summed E-state index contributed by atoms with van der Waals surface area (Å²) in [6, 6.07) is 0.395. The third-order valence-electron chi connectivity index (χ3n) is 5.16. The maximum Gasteiger partial charge on any atom is 0.0757 e. The third kappa shape index (κ3) is 4.19.